The van der Waals surface area contributed by atoms with Crippen LogP contribution < -0.4 is 5.73 Å². The number of nitriles is 1. The minimum atomic E-state index is -0.690. The summed E-state index contributed by atoms with van der Waals surface area (Å²) < 4.78 is 12.6. The molecule has 0 saturated carbocycles. The van der Waals surface area contributed by atoms with Crippen molar-refractivity contribution in [1.29, 1.82) is 5.26 Å². The number of alkyl halides is 1. The van der Waals surface area contributed by atoms with Crippen molar-refractivity contribution in [3.63, 3.8) is 0 Å². The molecule has 0 spiro atoms. The Labute approximate surface area is 87.9 Å². The average molecular weight is 205 g/mol. The predicted molar refractivity (Wildman–Crippen MR) is 55.7 cm³/mol. The maximum Gasteiger partial charge on any atom is 0.125 e. The summed E-state index contributed by atoms with van der Waals surface area (Å²) in [6.45, 7) is 1.64. The van der Waals surface area contributed by atoms with E-state index in [4.69, 9.17) is 11.0 Å². The van der Waals surface area contributed by atoms with Gasteiger partial charge in [-0.15, -0.1) is 0 Å². The lowest BCUT2D eigenvalue weighted by Gasteiger charge is -2.34. The Bertz CT molecular complexity index is 405. The Balaban J connectivity index is 2.06. The Morgan fingerprint density at radius 1 is 1.53 bits per heavy atom. The van der Waals surface area contributed by atoms with Gasteiger partial charge >= 0.3 is 0 Å². The molecule has 0 aliphatic carbocycles. The second-order valence-electron chi connectivity index (χ2n) is 3.82. The number of nitrogens with zero attached hydrogens (tertiary/aromatic N) is 2. The second kappa shape index (κ2) is 3.87. The van der Waals surface area contributed by atoms with Gasteiger partial charge in [-0.25, -0.2) is 4.39 Å². The number of nitrogens with two attached hydrogens (primary N) is 1. The van der Waals surface area contributed by atoms with E-state index in [0.29, 0.717) is 30.9 Å². The number of nitrogen functional groups attached to an aromatic ring is 1. The van der Waals surface area contributed by atoms with Crippen molar-refractivity contribution in [2.75, 3.05) is 18.8 Å². The number of likely N-dealkylation sites (tertiary alicyclic amines) is 1. The highest BCUT2D eigenvalue weighted by atomic mass is 19.1. The van der Waals surface area contributed by atoms with Gasteiger partial charge in [0.2, 0.25) is 0 Å². The summed E-state index contributed by atoms with van der Waals surface area (Å²) in [4.78, 5) is 1.99. The fourth-order valence-electron chi connectivity index (χ4n) is 1.69. The second-order valence-corrected chi connectivity index (χ2v) is 3.82. The van der Waals surface area contributed by atoms with Gasteiger partial charge in [-0.3, -0.25) is 4.90 Å². The van der Waals surface area contributed by atoms with Gasteiger partial charge in [0.1, 0.15) is 6.17 Å². The summed E-state index contributed by atoms with van der Waals surface area (Å²) in [6, 6.07) is 7.25. The van der Waals surface area contributed by atoms with E-state index in [2.05, 4.69) is 0 Å². The zero-order chi connectivity index (χ0) is 10.8. The van der Waals surface area contributed by atoms with E-state index in [0.717, 1.165) is 5.56 Å². The summed E-state index contributed by atoms with van der Waals surface area (Å²) in [7, 11) is 0. The maximum atomic E-state index is 12.6. The molecule has 0 radical (unpaired) electrons. The van der Waals surface area contributed by atoms with Crippen molar-refractivity contribution < 1.29 is 4.39 Å². The third-order valence-electron chi connectivity index (χ3n) is 2.58. The molecular weight excluding hydrogens is 193 g/mol. The molecule has 2 N–H and O–H groups in total. The lowest BCUT2D eigenvalue weighted by molar-refractivity contribution is 0.0593. The molecule has 0 unspecified atom stereocenters. The van der Waals surface area contributed by atoms with Gasteiger partial charge in [-0.1, -0.05) is 6.07 Å². The van der Waals surface area contributed by atoms with Crippen molar-refractivity contribution in [3.8, 4) is 6.07 Å². The van der Waals surface area contributed by atoms with Crippen LogP contribution in [0, 0.1) is 11.3 Å². The van der Waals surface area contributed by atoms with Gasteiger partial charge in [-0.05, 0) is 17.7 Å². The molecule has 1 aromatic rings. The Morgan fingerprint density at radius 2 is 2.27 bits per heavy atom. The summed E-state index contributed by atoms with van der Waals surface area (Å²) in [5, 5.41) is 8.66. The molecule has 0 amide bonds. The third-order valence-corrected chi connectivity index (χ3v) is 2.58. The summed E-state index contributed by atoms with van der Waals surface area (Å²) in [5.41, 5.74) is 7.91. The monoisotopic (exact) mass is 205 g/mol. The van der Waals surface area contributed by atoms with E-state index in [1.807, 2.05) is 17.0 Å². The van der Waals surface area contributed by atoms with Crippen LogP contribution >= 0.6 is 0 Å². The van der Waals surface area contributed by atoms with E-state index in [9.17, 15) is 4.39 Å². The van der Waals surface area contributed by atoms with Gasteiger partial charge in [0.05, 0.1) is 11.6 Å². The fourth-order valence-corrected chi connectivity index (χ4v) is 1.69. The van der Waals surface area contributed by atoms with Gasteiger partial charge in [0.15, 0.2) is 0 Å². The normalized spacial score (nSPS) is 17.1. The zero-order valence-electron chi connectivity index (χ0n) is 8.28. The smallest absolute Gasteiger partial charge is 0.125 e. The number of anilines is 1. The minimum Gasteiger partial charge on any atom is -0.398 e. The molecule has 1 aliphatic heterocycles. The number of rotatable bonds is 2. The molecule has 4 heteroatoms. The first-order valence-corrected chi connectivity index (χ1v) is 4.84. The van der Waals surface area contributed by atoms with Gasteiger partial charge in [0.25, 0.3) is 0 Å². The number of halogens is 1. The predicted octanol–water partition coefficient (Wildman–Crippen LogP) is 1.29. The zero-order valence-corrected chi connectivity index (χ0v) is 8.28. The standard InChI is InChI=1S/C11H12FN3/c12-10-6-15(7-10)5-9-2-1-8(4-13)3-11(9)14/h1-3,10H,5-7,14H2. The molecule has 3 nitrogen and oxygen atoms in total. The molecule has 1 saturated heterocycles. The molecular formula is C11H12FN3. The minimum absolute atomic E-state index is 0.486. The van der Waals surface area contributed by atoms with Gasteiger partial charge < -0.3 is 5.73 Å². The van der Waals surface area contributed by atoms with Crippen molar-refractivity contribution in [3.05, 3.63) is 29.3 Å². The van der Waals surface area contributed by atoms with Crippen LogP contribution in [0.25, 0.3) is 0 Å². The van der Waals surface area contributed by atoms with E-state index in [-0.39, 0.29) is 0 Å². The quantitative estimate of drug-likeness (QED) is 0.740. The number of hydrogen-bond donors (Lipinski definition) is 1. The van der Waals surface area contributed by atoms with Crippen LogP contribution in [0.3, 0.4) is 0 Å². The van der Waals surface area contributed by atoms with E-state index in [1.165, 1.54) is 0 Å². The highest BCUT2D eigenvalue weighted by Crippen LogP contribution is 2.20. The number of hydrogen-bond acceptors (Lipinski definition) is 3. The molecule has 2 rings (SSSR count). The molecule has 78 valence electrons. The van der Waals surface area contributed by atoms with Gasteiger partial charge in [0, 0.05) is 25.3 Å². The average Bonchev–Trinajstić information content (AvgIpc) is 2.18. The van der Waals surface area contributed by atoms with Crippen molar-refractivity contribution in [1.82, 2.24) is 4.90 Å². The molecule has 1 aromatic carbocycles. The molecule has 1 fully saturated rings. The number of benzene rings is 1. The van der Waals surface area contributed by atoms with Crippen molar-refractivity contribution in [2.45, 2.75) is 12.7 Å². The largest absolute Gasteiger partial charge is 0.398 e. The Morgan fingerprint density at radius 3 is 2.80 bits per heavy atom. The van der Waals surface area contributed by atoms with E-state index >= 15 is 0 Å². The molecule has 0 bridgehead atoms. The summed E-state index contributed by atoms with van der Waals surface area (Å²) in [5.74, 6) is 0. The topological polar surface area (TPSA) is 53.0 Å². The lowest BCUT2D eigenvalue weighted by atomic mass is 10.1. The molecule has 0 atom stereocenters. The van der Waals surface area contributed by atoms with Crippen LogP contribution in [-0.2, 0) is 6.54 Å². The van der Waals surface area contributed by atoms with Crippen LogP contribution in [0.5, 0.6) is 0 Å². The van der Waals surface area contributed by atoms with E-state index < -0.39 is 6.17 Å². The van der Waals surface area contributed by atoms with Gasteiger partial charge in [-0.2, -0.15) is 5.26 Å². The lowest BCUT2D eigenvalue weighted by Crippen LogP contribution is -2.47. The molecule has 15 heavy (non-hydrogen) atoms. The van der Waals surface area contributed by atoms with Crippen LogP contribution in [0.4, 0.5) is 10.1 Å². The van der Waals surface area contributed by atoms with Crippen molar-refractivity contribution >= 4 is 5.69 Å². The van der Waals surface area contributed by atoms with Crippen LogP contribution in [0.2, 0.25) is 0 Å². The first kappa shape index (κ1) is 9.94. The Hall–Kier alpha value is -1.60. The Kier molecular flexibility index (Phi) is 2.57. The first-order valence-electron chi connectivity index (χ1n) is 4.84. The van der Waals surface area contributed by atoms with Crippen LogP contribution in [0.15, 0.2) is 18.2 Å². The fraction of sp³-hybridized carbons (Fsp3) is 0.364. The summed E-state index contributed by atoms with van der Waals surface area (Å²) >= 11 is 0. The third kappa shape index (κ3) is 2.08. The maximum absolute atomic E-state index is 12.6. The van der Waals surface area contributed by atoms with E-state index in [1.54, 1.807) is 12.1 Å². The van der Waals surface area contributed by atoms with Crippen LogP contribution in [0.1, 0.15) is 11.1 Å². The SMILES string of the molecule is N#Cc1ccc(CN2CC(F)C2)c(N)c1. The summed E-state index contributed by atoms with van der Waals surface area (Å²) in [6.07, 6.45) is -0.690. The molecule has 1 aliphatic rings. The first-order chi connectivity index (χ1) is 7.19. The highest BCUT2D eigenvalue weighted by Gasteiger charge is 2.26. The van der Waals surface area contributed by atoms with Crippen LogP contribution in [-0.4, -0.2) is 24.2 Å². The van der Waals surface area contributed by atoms with Crippen molar-refractivity contribution in [2.24, 2.45) is 0 Å². The highest BCUT2D eigenvalue weighted by molar-refractivity contribution is 5.52. The molecule has 1 heterocycles. The molecule has 0 aromatic heterocycles.